The Morgan fingerprint density at radius 2 is 0.889 bits per heavy atom. The first-order valence-electron chi connectivity index (χ1n) is 0.894. The van der Waals surface area contributed by atoms with Crippen LogP contribution in [-0.4, -0.2) is 141 Å². The van der Waals surface area contributed by atoms with Gasteiger partial charge in [0.15, 0.2) is 17.4 Å². The van der Waals surface area contributed by atoms with Crippen molar-refractivity contribution in [2.75, 3.05) is 0 Å². The number of rotatable bonds is 0. The average molecular weight is 321 g/mol. The van der Waals surface area contributed by atoms with Crippen LogP contribution in [-0.2, 0) is 0 Å². The van der Waals surface area contributed by atoms with Gasteiger partial charge in [0.2, 0.25) is 0 Å². The molecule has 4 N–H and O–H groups in total. The molecule has 0 aliphatic rings. The second kappa shape index (κ2) is 14.0. The molecule has 0 radical (unpaired) electrons. The van der Waals surface area contributed by atoms with Gasteiger partial charge in [0, 0.05) is 0 Å². The summed E-state index contributed by atoms with van der Waals surface area (Å²) in [6, 6.07) is 0. The van der Waals surface area contributed by atoms with Gasteiger partial charge < -0.3 is 19.2 Å². The topological polar surface area (TPSA) is 80.9 Å². The molecule has 0 unspecified atom stereocenters. The van der Waals surface area contributed by atoms with Crippen LogP contribution in [0.15, 0.2) is 0 Å². The summed E-state index contributed by atoms with van der Waals surface area (Å²) in [5.74, 6) is 0. The molecule has 0 rings (SSSR count). The molecule has 0 atom stereocenters. The zero-order valence-electron chi connectivity index (χ0n) is 2.29. The van der Waals surface area contributed by atoms with Gasteiger partial charge in [-0.2, -0.15) is 0 Å². The van der Waals surface area contributed by atoms with Gasteiger partial charge in [-0.25, -0.2) is 0 Å². The fourth-order valence-electron chi connectivity index (χ4n) is 0. The van der Waals surface area contributed by atoms with Gasteiger partial charge in [-0.3, -0.25) is 0 Å². The minimum absolute atomic E-state index is 0. The zero-order valence-corrected chi connectivity index (χ0v) is 3.29. The summed E-state index contributed by atoms with van der Waals surface area (Å²) >= 11 is 0. The molecule has 0 amide bonds. The summed E-state index contributed by atoms with van der Waals surface area (Å²) < 4.78 is 0. The quantitative estimate of drug-likeness (QED) is 0.334. The van der Waals surface area contributed by atoms with Gasteiger partial charge in [-0.05, 0) is 0 Å². The van der Waals surface area contributed by atoms with Gasteiger partial charge >= 0.3 is 95.7 Å². The second-order valence-corrected chi connectivity index (χ2v) is 1.80. The summed E-state index contributed by atoms with van der Waals surface area (Å²) in [7, 11) is -4.61. The first-order chi connectivity index (χ1) is 2.00. The van der Waals surface area contributed by atoms with E-state index in [4.69, 9.17) is 19.2 Å². The van der Waals surface area contributed by atoms with Crippen LogP contribution in [0.2, 0.25) is 0 Å². The molecule has 0 bridgehead atoms. The molecule has 0 saturated carbocycles. The van der Waals surface area contributed by atoms with Crippen LogP contribution in [0.1, 0.15) is 0 Å². The first kappa shape index (κ1) is 29.4. The summed E-state index contributed by atoms with van der Waals surface area (Å²) in [5, 5.41) is 0. The van der Waals surface area contributed by atoms with Crippen LogP contribution < -0.4 is 0 Å². The van der Waals surface area contributed by atoms with Gasteiger partial charge in [0.1, 0.15) is 0 Å². The number of hydrogen-bond acceptors (Lipinski definition) is 4. The minimum atomic E-state index is -4.61. The van der Waals surface area contributed by atoms with E-state index in [-0.39, 0.29) is 112 Å². The summed E-state index contributed by atoms with van der Waals surface area (Å²) in [6.45, 7) is 0. The standard InChI is InChI=1S/Al.BH3.Ba.Ca.H4O4Si.7H/c;;;;1-5(2,3)4;;;;;;;/h;1H3;;;1-4H;;;;;;;. The van der Waals surface area contributed by atoms with E-state index < -0.39 is 9.05 Å². The Morgan fingerprint density at radius 3 is 0.889 bits per heavy atom. The van der Waals surface area contributed by atoms with E-state index in [1.54, 1.807) is 0 Å². The van der Waals surface area contributed by atoms with Crippen molar-refractivity contribution in [3.05, 3.63) is 0 Å². The van der Waals surface area contributed by atoms with Crippen LogP contribution in [0.3, 0.4) is 0 Å². The number of hydrogen-bond donors (Lipinski definition) is 4. The Morgan fingerprint density at radius 1 is 0.889 bits per heavy atom. The molecule has 0 aromatic rings. The van der Waals surface area contributed by atoms with Gasteiger partial charge in [-0.15, -0.1) is 0 Å². The Hall–Kier alpha value is 3.49. The van der Waals surface area contributed by atoms with Crippen LogP contribution in [0.5, 0.6) is 0 Å². The summed E-state index contributed by atoms with van der Waals surface area (Å²) in [6.07, 6.45) is 0. The molecule has 0 fully saturated rings. The van der Waals surface area contributed by atoms with Crippen molar-refractivity contribution < 1.29 is 19.2 Å². The molecule has 0 saturated heterocycles. The van der Waals surface area contributed by atoms with Crippen molar-refractivity contribution in [2.24, 2.45) is 0 Å². The SMILES string of the molecule is B.O[Si](O)(O)O.[AlH3].[BaH2].[CaH2]. The second-order valence-electron chi connectivity index (χ2n) is 0.600. The third-order valence-electron chi connectivity index (χ3n) is 0. The maximum absolute atomic E-state index is 7.33. The van der Waals surface area contributed by atoms with Crippen molar-refractivity contribution in [3.63, 3.8) is 0 Å². The third kappa shape index (κ3) is 85.1. The van der Waals surface area contributed by atoms with E-state index >= 15 is 0 Å². The van der Waals surface area contributed by atoms with Crippen LogP contribution in [0, 0.1) is 0 Å². The van der Waals surface area contributed by atoms with E-state index in [0.717, 1.165) is 0 Å². The van der Waals surface area contributed by atoms with Crippen LogP contribution in [0.4, 0.5) is 0 Å². The predicted octanol–water partition coefficient (Wildman–Crippen LogP) is -6.81. The Kier molecular flexibility index (Phi) is 45.8. The van der Waals surface area contributed by atoms with Crippen LogP contribution >= 0.6 is 0 Å². The van der Waals surface area contributed by atoms with E-state index in [9.17, 15) is 0 Å². The van der Waals surface area contributed by atoms with E-state index in [2.05, 4.69) is 0 Å². The molecule has 9 heteroatoms. The van der Waals surface area contributed by atoms with E-state index in [0.29, 0.717) is 0 Å². The molecule has 0 spiro atoms. The predicted molar refractivity (Wildman–Crippen MR) is 51.6 cm³/mol. The first-order valence-corrected chi connectivity index (χ1v) is 2.68. The molecule has 0 heterocycles. The van der Waals surface area contributed by atoms with Crippen LogP contribution in [0.25, 0.3) is 0 Å². The zero-order chi connectivity index (χ0) is 4.50. The fraction of sp³-hybridized carbons (Fsp3) is 0. The Balaban J connectivity index is -0.0000000133. The van der Waals surface area contributed by atoms with E-state index in [1.165, 1.54) is 0 Å². The van der Waals surface area contributed by atoms with Gasteiger partial charge in [0.05, 0.1) is 8.41 Å². The van der Waals surface area contributed by atoms with Crippen molar-refractivity contribution in [2.45, 2.75) is 0 Å². The molecular weight excluding hydrogens is 307 g/mol. The average Bonchev–Trinajstić information content (AvgIpc) is 0.722. The fourth-order valence-corrected chi connectivity index (χ4v) is 0. The van der Waals surface area contributed by atoms with Gasteiger partial charge in [-0.1, -0.05) is 0 Å². The summed E-state index contributed by atoms with van der Waals surface area (Å²) in [5.41, 5.74) is 0. The maximum atomic E-state index is 7.33. The monoisotopic (exact) mass is 322 g/mol. The molecule has 4 nitrogen and oxygen atoms in total. The molecule has 0 aromatic carbocycles. The third-order valence-corrected chi connectivity index (χ3v) is 0. The van der Waals surface area contributed by atoms with Crippen molar-refractivity contribution in [1.29, 1.82) is 0 Å². The van der Waals surface area contributed by atoms with Gasteiger partial charge in [0.25, 0.3) is 0 Å². The van der Waals surface area contributed by atoms with Crippen molar-refractivity contribution >= 4 is 121 Å². The Labute approximate surface area is 137 Å². The normalized spacial score (nSPS) is 6.67. The molecule has 0 aliphatic heterocycles. The van der Waals surface area contributed by atoms with E-state index in [1.807, 2.05) is 0 Å². The summed E-state index contributed by atoms with van der Waals surface area (Å²) in [4.78, 5) is 29.3. The molecule has 0 aromatic heterocycles. The molecule has 52 valence electrons. The van der Waals surface area contributed by atoms with Crippen molar-refractivity contribution in [1.82, 2.24) is 0 Å². The molecular formula is H14AlBBaCaO4Si. The Bertz CT molecular complexity index is 36.0. The molecule has 9 heavy (non-hydrogen) atoms. The van der Waals surface area contributed by atoms with Crippen molar-refractivity contribution in [3.8, 4) is 0 Å². The molecule has 0 aliphatic carbocycles.